The second-order valence-electron chi connectivity index (χ2n) is 2.52. The van der Waals surface area contributed by atoms with Crippen LogP contribution in [0.2, 0.25) is 0 Å². The Morgan fingerprint density at radius 3 is 3.09 bits per heavy atom. The summed E-state index contributed by atoms with van der Waals surface area (Å²) in [5.41, 5.74) is 0. The number of fused-ring (bicyclic) bond motifs is 1. The van der Waals surface area contributed by atoms with Gasteiger partial charge in [-0.15, -0.1) is 0 Å². The predicted octanol–water partition coefficient (Wildman–Crippen LogP) is 0.286. The van der Waals surface area contributed by atoms with Crippen molar-refractivity contribution in [3.8, 4) is 0 Å². The molecule has 56 valence electrons. The predicted molar refractivity (Wildman–Crippen MR) is 43.2 cm³/mol. The molecule has 0 spiro atoms. The number of allylic oxidation sites excluding steroid dienone is 2. The highest BCUT2D eigenvalue weighted by atomic mass is 32.1. The molecular formula is C7H6N2OS. The van der Waals surface area contributed by atoms with Crippen molar-refractivity contribution in [2.24, 2.45) is 4.99 Å². The molecule has 0 fully saturated rings. The van der Waals surface area contributed by atoms with Gasteiger partial charge in [-0.1, -0.05) is 6.08 Å². The molecule has 2 rings (SSSR count). The smallest absolute Gasteiger partial charge is 0.312 e. The summed E-state index contributed by atoms with van der Waals surface area (Å²) in [6.45, 7) is 0. The number of rotatable bonds is 0. The number of carbonyl (C=O) groups excluding carboxylic acids is 1. The minimum absolute atomic E-state index is 0.0787. The van der Waals surface area contributed by atoms with Crippen molar-refractivity contribution in [1.82, 2.24) is 0 Å². The van der Waals surface area contributed by atoms with Crippen LogP contribution in [0.1, 0.15) is 0 Å². The molecule has 2 atom stereocenters. The van der Waals surface area contributed by atoms with Gasteiger partial charge in [0.1, 0.15) is 0 Å². The molecule has 3 nitrogen and oxygen atoms in total. The molecule has 2 aliphatic heterocycles. The van der Waals surface area contributed by atoms with E-state index < -0.39 is 0 Å². The highest BCUT2D eigenvalue weighted by Gasteiger charge is 2.35. The molecule has 2 unspecified atom stereocenters. The maximum atomic E-state index is 11.0. The number of aliphatic imine (C=N–C) groups is 1. The van der Waals surface area contributed by atoms with Gasteiger partial charge in [0, 0.05) is 0 Å². The molecule has 0 saturated heterocycles. The average molecular weight is 166 g/mol. The minimum Gasteiger partial charge on any atom is -0.480 e. The van der Waals surface area contributed by atoms with Gasteiger partial charge < -0.3 is 16.7 Å². The van der Waals surface area contributed by atoms with Crippen molar-refractivity contribution in [3.05, 3.63) is 24.4 Å². The van der Waals surface area contributed by atoms with Crippen molar-refractivity contribution in [3.63, 3.8) is 0 Å². The molecule has 2 aliphatic rings. The van der Waals surface area contributed by atoms with Crippen LogP contribution >= 0.6 is 0 Å². The Morgan fingerprint density at radius 2 is 2.36 bits per heavy atom. The molecule has 1 amide bonds. The Kier molecular flexibility index (Phi) is 1.27. The number of carbonyl (C=O) groups is 1. The Bertz CT molecular complexity index is 291. The largest absolute Gasteiger partial charge is 0.480 e. The molecule has 0 bridgehead atoms. The molecule has 4 heteroatoms. The van der Waals surface area contributed by atoms with Gasteiger partial charge in [0.15, 0.2) is 12.4 Å². The van der Waals surface area contributed by atoms with Crippen molar-refractivity contribution in [2.75, 3.05) is 0 Å². The van der Waals surface area contributed by atoms with Crippen LogP contribution in [0.25, 0.3) is 0 Å². The third-order valence-electron chi connectivity index (χ3n) is 1.78. The lowest BCUT2D eigenvalue weighted by atomic mass is 10.2. The van der Waals surface area contributed by atoms with E-state index >= 15 is 0 Å². The average Bonchev–Trinajstić information content (AvgIpc) is 2.29. The van der Waals surface area contributed by atoms with Crippen molar-refractivity contribution < 1.29 is 8.68 Å². The van der Waals surface area contributed by atoms with Gasteiger partial charge >= 0.3 is 5.91 Å². The molecular weight excluding hydrogens is 160 g/mol. The first-order valence-electron chi connectivity index (χ1n) is 3.27. The van der Waals surface area contributed by atoms with Gasteiger partial charge in [-0.25, -0.2) is 0 Å². The fourth-order valence-electron chi connectivity index (χ4n) is 1.17. The van der Waals surface area contributed by atoms with E-state index in [0.29, 0.717) is 0 Å². The number of nitrogens with zero attached hydrogens (tertiary/aromatic N) is 2. The van der Waals surface area contributed by atoms with E-state index in [-0.39, 0.29) is 15.8 Å². The van der Waals surface area contributed by atoms with E-state index in [0.717, 1.165) is 0 Å². The second kappa shape index (κ2) is 2.06. The van der Waals surface area contributed by atoms with Gasteiger partial charge in [0.2, 0.25) is 0 Å². The Labute approximate surface area is 69.9 Å². The highest BCUT2D eigenvalue weighted by molar-refractivity contribution is 7.52. The summed E-state index contributed by atoms with van der Waals surface area (Å²) in [6, 6.07) is -0.296. The van der Waals surface area contributed by atoms with Crippen molar-refractivity contribution in [2.45, 2.75) is 6.04 Å². The van der Waals surface area contributed by atoms with E-state index in [4.69, 9.17) is 12.8 Å². The Hall–Kier alpha value is -0.870. The molecule has 0 radical (unpaired) electrons. The molecule has 0 N–H and O–H groups in total. The lowest BCUT2D eigenvalue weighted by Gasteiger charge is -2.37. The van der Waals surface area contributed by atoms with Gasteiger partial charge in [-0.05, 0) is 12.2 Å². The normalized spacial score (nSPS) is 39.7. The molecule has 0 aliphatic carbocycles. The first kappa shape index (κ1) is 6.82. The van der Waals surface area contributed by atoms with Crippen LogP contribution < -0.4 is 0 Å². The van der Waals surface area contributed by atoms with E-state index in [2.05, 4.69) is 4.99 Å². The standard InChI is InChI=1S/C7H6N2OS/c10-7-6-3-1-2-4-9(6,11)5-8-7/h1-6H. The molecule has 11 heavy (non-hydrogen) atoms. The third kappa shape index (κ3) is 0.868. The van der Waals surface area contributed by atoms with Gasteiger partial charge in [0.25, 0.3) is 0 Å². The van der Waals surface area contributed by atoms with Crippen LogP contribution in [-0.2, 0) is 17.6 Å². The number of hydrogen-bond donors (Lipinski definition) is 0. The summed E-state index contributed by atoms with van der Waals surface area (Å²) in [4.78, 5) is 14.7. The minimum atomic E-state index is -0.296. The molecule has 2 heterocycles. The topological polar surface area (TPSA) is 29.4 Å². The van der Waals surface area contributed by atoms with Gasteiger partial charge in [-0.3, -0.25) is 4.79 Å². The summed E-state index contributed by atoms with van der Waals surface area (Å²) in [5, 5.41) is 0. The Morgan fingerprint density at radius 1 is 1.55 bits per heavy atom. The maximum Gasteiger partial charge on any atom is 0.312 e. The van der Waals surface area contributed by atoms with Gasteiger partial charge in [-0.2, -0.15) is 4.99 Å². The van der Waals surface area contributed by atoms with Crippen molar-refractivity contribution >= 4 is 25.1 Å². The summed E-state index contributed by atoms with van der Waals surface area (Å²) in [6.07, 6.45) is 8.69. The van der Waals surface area contributed by atoms with Crippen LogP contribution in [0.5, 0.6) is 0 Å². The first-order chi connectivity index (χ1) is 5.22. The summed E-state index contributed by atoms with van der Waals surface area (Å²) in [5.74, 6) is -0.152. The maximum absolute atomic E-state index is 11.0. The van der Waals surface area contributed by atoms with Crippen LogP contribution in [0, 0.1) is 0 Å². The molecule has 0 saturated carbocycles. The van der Waals surface area contributed by atoms with E-state index in [1.54, 1.807) is 12.3 Å². The fraction of sp³-hybridized carbons (Fsp3) is 0.143. The highest BCUT2D eigenvalue weighted by Crippen LogP contribution is 2.21. The third-order valence-corrected chi connectivity index (χ3v) is 2.22. The van der Waals surface area contributed by atoms with Crippen LogP contribution in [0.4, 0.5) is 0 Å². The SMILES string of the molecule is O=C1N=C[N+]2([S-])C=CC=CC12. The molecule has 0 aromatic rings. The number of hydrogen-bond acceptors (Lipinski definition) is 2. The zero-order valence-corrected chi connectivity index (χ0v) is 6.49. The van der Waals surface area contributed by atoms with E-state index in [1.807, 2.05) is 12.2 Å². The van der Waals surface area contributed by atoms with Crippen molar-refractivity contribution in [1.29, 1.82) is 0 Å². The molecule has 0 aromatic carbocycles. The summed E-state index contributed by atoms with van der Waals surface area (Å²) >= 11 is 5.15. The van der Waals surface area contributed by atoms with Crippen LogP contribution in [0.3, 0.4) is 0 Å². The number of quaternary nitrogens is 1. The summed E-state index contributed by atoms with van der Waals surface area (Å²) < 4.78 is 0.0787. The quantitative estimate of drug-likeness (QED) is 0.382. The zero-order valence-electron chi connectivity index (χ0n) is 5.68. The monoisotopic (exact) mass is 166 g/mol. The van der Waals surface area contributed by atoms with Gasteiger partial charge in [0.05, 0.1) is 6.20 Å². The van der Waals surface area contributed by atoms with E-state index in [9.17, 15) is 4.79 Å². The van der Waals surface area contributed by atoms with E-state index in [1.165, 1.54) is 6.34 Å². The van der Waals surface area contributed by atoms with Crippen LogP contribution in [-0.4, -0.2) is 22.2 Å². The first-order valence-corrected chi connectivity index (χ1v) is 3.63. The lowest BCUT2D eigenvalue weighted by molar-refractivity contribution is -0.636. The fourth-order valence-corrected chi connectivity index (χ4v) is 1.45. The summed E-state index contributed by atoms with van der Waals surface area (Å²) in [7, 11) is 0. The second-order valence-corrected chi connectivity index (χ2v) is 3.15. The molecule has 0 aromatic heterocycles. The zero-order chi connectivity index (χ0) is 7.90. The number of amides is 1. The lowest BCUT2D eigenvalue weighted by Crippen LogP contribution is -2.44. The Balaban J connectivity index is 2.45. The van der Waals surface area contributed by atoms with Crippen LogP contribution in [0.15, 0.2) is 29.4 Å².